The standard InChI is InChI=1S/C19H23N3O/c20-13-18-15-22(19(23)17-9-5-2-6-10-17)12-11-21(18)14-16-7-3-1-4-8-16/h1-5,7-8,17-18H,6,9-12,14-15H2/t17-,18-/m0/s1. The average Bonchev–Trinajstić information content (AvgIpc) is 2.63. The number of piperazine rings is 1. The smallest absolute Gasteiger partial charge is 0.226 e. The summed E-state index contributed by atoms with van der Waals surface area (Å²) in [5.74, 6) is 0.342. The van der Waals surface area contributed by atoms with Gasteiger partial charge in [0.15, 0.2) is 0 Å². The molecule has 0 unspecified atom stereocenters. The van der Waals surface area contributed by atoms with Crippen molar-refractivity contribution in [2.45, 2.75) is 31.8 Å². The van der Waals surface area contributed by atoms with Gasteiger partial charge in [-0.15, -0.1) is 0 Å². The zero-order valence-electron chi connectivity index (χ0n) is 13.4. The highest BCUT2D eigenvalue weighted by Gasteiger charge is 2.32. The van der Waals surface area contributed by atoms with Gasteiger partial charge in [-0.05, 0) is 24.8 Å². The number of carbonyl (C=O) groups excluding carboxylic acids is 1. The maximum absolute atomic E-state index is 12.6. The summed E-state index contributed by atoms with van der Waals surface area (Å²) >= 11 is 0. The van der Waals surface area contributed by atoms with Crippen molar-refractivity contribution in [3.8, 4) is 6.07 Å². The molecule has 0 saturated carbocycles. The normalized spacial score (nSPS) is 25.1. The van der Waals surface area contributed by atoms with Crippen molar-refractivity contribution in [3.63, 3.8) is 0 Å². The lowest BCUT2D eigenvalue weighted by Gasteiger charge is -2.39. The van der Waals surface area contributed by atoms with Crippen molar-refractivity contribution in [2.24, 2.45) is 5.92 Å². The molecule has 4 heteroatoms. The lowest BCUT2D eigenvalue weighted by molar-refractivity contribution is -0.138. The largest absolute Gasteiger partial charge is 0.339 e. The van der Waals surface area contributed by atoms with E-state index in [1.54, 1.807) is 0 Å². The van der Waals surface area contributed by atoms with E-state index in [1.807, 2.05) is 23.1 Å². The molecule has 2 atom stereocenters. The quantitative estimate of drug-likeness (QED) is 0.806. The third-order valence-corrected chi connectivity index (χ3v) is 4.80. The number of benzene rings is 1. The topological polar surface area (TPSA) is 47.3 Å². The van der Waals surface area contributed by atoms with Crippen molar-refractivity contribution in [2.75, 3.05) is 19.6 Å². The Morgan fingerprint density at radius 3 is 2.74 bits per heavy atom. The fourth-order valence-corrected chi connectivity index (χ4v) is 3.43. The van der Waals surface area contributed by atoms with Crippen LogP contribution in [0.4, 0.5) is 0 Å². The second-order valence-electron chi connectivity index (χ2n) is 6.37. The number of amides is 1. The summed E-state index contributed by atoms with van der Waals surface area (Å²) in [6.07, 6.45) is 7.04. The van der Waals surface area contributed by atoms with E-state index in [0.717, 1.165) is 38.9 Å². The summed E-state index contributed by atoms with van der Waals surface area (Å²) in [5.41, 5.74) is 1.21. The van der Waals surface area contributed by atoms with Crippen LogP contribution in [-0.4, -0.2) is 41.4 Å². The van der Waals surface area contributed by atoms with Crippen molar-refractivity contribution in [1.29, 1.82) is 5.26 Å². The minimum absolute atomic E-state index is 0.111. The molecule has 3 rings (SSSR count). The molecule has 1 saturated heterocycles. The molecule has 0 spiro atoms. The van der Waals surface area contributed by atoms with Gasteiger partial charge in [0.05, 0.1) is 6.07 Å². The molecule has 0 bridgehead atoms. The van der Waals surface area contributed by atoms with Crippen LogP contribution in [0.5, 0.6) is 0 Å². The highest BCUT2D eigenvalue weighted by atomic mass is 16.2. The number of nitrogens with zero attached hydrogens (tertiary/aromatic N) is 3. The molecule has 1 heterocycles. The van der Waals surface area contributed by atoms with E-state index in [4.69, 9.17) is 0 Å². The zero-order valence-corrected chi connectivity index (χ0v) is 13.4. The Morgan fingerprint density at radius 2 is 2.04 bits per heavy atom. The van der Waals surface area contributed by atoms with Gasteiger partial charge in [-0.2, -0.15) is 5.26 Å². The van der Waals surface area contributed by atoms with E-state index < -0.39 is 0 Å². The van der Waals surface area contributed by atoms with E-state index in [0.29, 0.717) is 6.54 Å². The number of hydrogen-bond acceptors (Lipinski definition) is 3. The molecule has 2 aliphatic rings. The number of nitriles is 1. The molecule has 0 radical (unpaired) electrons. The van der Waals surface area contributed by atoms with Crippen LogP contribution >= 0.6 is 0 Å². The molecule has 0 aromatic heterocycles. The molecular formula is C19H23N3O. The summed E-state index contributed by atoms with van der Waals surface area (Å²) in [4.78, 5) is 16.7. The van der Waals surface area contributed by atoms with E-state index in [-0.39, 0.29) is 17.9 Å². The van der Waals surface area contributed by atoms with E-state index >= 15 is 0 Å². The SMILES string of the molecule is N#C[C@H]1CN(C(=O)[C@H]2CC=CCC2)CCN1Cc1ccccc1. The Morgan fingerprint density at radius 1 is 1.22 bits per heavy atom. The van der Waals surface area contributed by atoms with E-state index in [2.05, 4.69) is 35.3 Å². The Bertz CT molecular complexity index is 605. The first kappa shape index (κ1) is 15.8. The summed E-state index contributed by atoms with van der Waals surface area (Å²) in [5, 5.41) is 9.51. The molecule has 1 aliphatic carbocycles. The molecule has 120 valence electrons. The van der Waals surface area contributed by atoms with Gasteiger partial charge in [-0.25, -0.2) is 0 Å². The van der Waals surface area contributed by atoms with Gasteiger partial charge in [0.2, 0.25) is 5.91 Å². The molecule has 1 aromatic carbocycles. The lowest BCUT2D eigenvalue weighted by atomic mass is 9.92. The highest BCUT2D eigenvalue weighted by molar-refractivity contribution is 5.79. The maximum atomic E-state index is 12.6. The van der Waals surface area contributed by atoms with E-state index in [9.17, 15) is 10.1 Å². The Hall–Kier alpha value is -2.12. The first-order chi connectivity index (χ1) is 11.3. The third kappa shape index (κ3) is 3.80. The Labute approximate surface area is 138 Å². The van der Waals surface area contributed by atoms with Gasteiger partial charge < -0.3 is 4.90 Å². The first-order valence-corrected chi connectivity index (χ1v) is 8.39. The van der Waals surface area contributed by atoms with Crippen LogP contribution in [0.25, 0.3) is 0 Å². The summed E-state index contributed by atoms with van der Waals surface area (Å²) in [7, 11) is 0. The number of allylic oxidation sites excluding steroid dienone is 2. The van der Waals surface area contributed by atoms with Crippen LogP contribution in [0.3, 0.4) is 0 Å². The van der Waals surface area contributed by atoms with Gasteiger partial charge in [-0.3, -0.25) is 9.69 Å². The molecular weight excluding hydrogens is 286 g/mol. The summed E-state index contributed by atoms with van der Waals surface area (Å²) < 4.78 is 0. The highest BCUT2D eigenvalue weighted by Crippen LogP contribution is 2.23. The van der Waals surface area contributed by atoms with Gasteiger partial charge in [0.1, 0.15) is 6.04 Å². The molecule has 0 N–H and O–H groups in total. The molecule has 1 aromatic rings. The zero-order chi connectivity index (χ0) is 16.1. The molecule has 4 nitrogen and oxygen atoms in total. The van der Waals surface area contributed by atoms with Crippen molar-refractivity contribution in [1.82, 2.24) is 9.80 Å². The van der Waals surface area contributed by atoms with Crippen LogP contribution in [0, 0.1) is 17.2 Å². The predicted octanol–water partition coefficient (Wildman–Crippen LogP) is 2.58. The fourth-order valence-electron chi connectivity index (χ4n) is 3.43. The van der Waals surface area contributed by atoms with Crippen molar-refractivity contribution in [3.05, 3.63) is 48.0 Å². The van der Waals surface area contributed by atoms with Crippen LogP contribution in [0.1, 0.15) is 24.8 Å². The molecule has 1 amide bonds. The average molecular weight is 309 g/mol. The Balaban J connectivity index is 1.61. The second-order valence-corrected chi connectivity index (χ2v) is 6.37. The summed E-state index contributed by atoms with van der Waals surface area (Å²) in [6, 6.07) is 12.4. The van der Waals surface area contributed by atoms with Crippen LogP contribution in [0.2, 0.25) is 0 Å². The third-order valence-electron chi connectivity index (χ3n) is 4.80. The molecule has 1 aliphatic heterocycles. The number of rotatable bonds is 3. The summed E-state index contributed by atoms with van der Waals surface area (Å²) in [6.45, 7) is 2.79. The molecule has 23 heavy (non-hydrogen) atoms. The monoisotopic (exact) mass is 309 g/mol. The first-order valence-electron chi connectivity index (χ1n) is 8.39. The number of hydrogen-bond donors (Lipinski definition) is 0. The van der Waals surface area contributed by atoms with Gasteiger partial charge >= 0.3 is 0 Å². The minimum Gasteiger partial charge on any atom is -0.339 e. The second kappa shape index (κ2) is 7.43. The molecule has 1 fully saturated rings. The lowest BCUT2D eigenvalue weighted by Crippen LogP contribution is -2.55. The van der Waals surface area contributed by atoms with E-state index in [1.165, 1.54) is 5.56 Å². The maximum Gasteiger partial charge on any atom is 0.226 e. The Kier molecular flexibility index (Phi) is 5.09. The van der Waals surface area contributed by atoms with Gasteiger partial charge in [-0.1, -0.05) is 42.5 Å². The van der Waals surface area contributed by atoms with Crippen LogP contribution in [0.15, 0.2) is 42.5 Å². The van der Waals surface area contributed by atoms with Gasteiger partial charge in [0.25, 0.3) is 0 Å². The van der Waals surface area contributed by atoms with Crippen molar-refractivity contribution >= 4 is 5.91 Å². The fraction of sp³-hybridized carbons (Fsp3) is 0.474. The van der Waals surface area contributed by atoms with Gasteiger partial charge in [0, 0.05) is 32.1 Å². The number of carbonyl (C=O) groups is 1. The van der Waals surface area contributed by atoms with Crippen LogP contribution in [-0.2, 0) is 11.3 Å². The minimum atomic E-state index is -0.216. The predicted molar refractivity (Wildman–Crippen MR) is 89.3 cm³/mol. The van der Waals surface area contributed by atoms with Crippen LogP contribution < -0.4 is 0 Å². The van der Waals surface area contributed by atoms with Crippen molar-refractivity contribution < 1.29 is 4.79 Å².